The molecule has 6 heterocycles. The summed E-state index contributed by atoms with van der Waals surface area (Å²) in [6.07, 6.45) is 3.84. The molecule has 2 aliphatic heterocycles. The van der Waals surface area contributed by atoms with E-state index in [1.807, 2.05) is 12.4 Å². The molecular weight excluding hydrogens is 1160 g/mol. The van der Waals surface area contributed by atoms with Gasteiger partial charge >= 0.3 is 21.1 Å². The van der Waals surface area contributed by atoms with Gasteiger partial charge in [-0.3, -0.25) is 0 Å². The number of hydrogen-bond donors (Lipinski definition) is 0. The van der Waals surface area contributed by atoms with Crippen molar-refractivity contribution in [2.24, 2.45) is 0 Å². The molecule has 81 heavy (non-hydrogen) atoms. The molecule has 0 saturated carbocycles. The maximum Gasteiger partial charge on any atom is 2.00 e. The molecule has 14 rings (SSSR count). The molecule has 400 valence electrons. The molecule has 8 aromatic carbocycles. The molecule has 12 aromatic rings. The normalized spacial score (nSPS) is 12.5. The third kappa shape index (κ3) is 8.96. The van der Waals surface area contributed by atoms with E-state index in [4.69, 9.17) is 9.97 Å². The fraction of sp³-hybridized carbons (Fsp3) is 0.216. The van der Waals surface area contributed by atoms with Gasteiger partial charge in [-0.2, -0.15) is 0 Å². The van der Waals surface area contributed by atoms with E-state index in [1.165, 1.54) is 121 Å². The average molecular weight is 1230 g/mol. The SMILES string of the molecule is Cc1ccc2c(c1)c1cc(C)ccc1n2-c1c[c-]c2c(c1)B(c1c(C(C)C)cccc1C(C)C)c1cccnc1-2.Cc1ccc2c(c1)c1cc(C)ccc1n2-c1c[c-]c2c(c1)B(c1c(C(C)C)cccc1C(C)C)c1cccnc1-2.[Pt+2]. The molecule has 0 radical (unpaired) electrons. The van der Waals surface area contributed by atoms with Crippen LogP contribution in [0, 0.1) is 39.8 Å². The van der Waals surface area contributed by atoms with E-state index in [-0.39, 0.29) is 34.5 Å². The number of benzene rings is 8. The van der Waals surface area contributed by atoms with Gasteiger partial charge in [0, 0.05) is 56.0 Å². The molecule has 7 heteroatoms. The first-order valence-electron chi connectivity index (χ1n) is 29.0. The first kappa shape index (κ1) is 54.1. The Hall–Kier alpha value is -7.52. The number of hydrogen-bond acceptors (Lipinski definition) is 2. The second kappa shape index (κ2) is 21.1. The van der Waals surface area contributed by atoms with Crippen LogP contribution in [0.3, 0.4) is 0 Å². The number of rotatable bonds is 8. The molecule has 0 aliphatic carbocycles. The van der Waals surface area contributed by atoms with Crippen LogP contribution in [0.1, 0.15) is 124 Å². The van der Waals surface area contributed by atoms with Gasteiger partial charge in [0.05, 0.1) is 0 Å². The summed E-state index contributed by atoms with van der Waals surface area (Å²) in [5, 5.41) is 5.20. The largest absolute Gasteiger partial charge is 2.00 e. The Morgan fingerprint density at radius 3 is 0.975 bits per heavy atom. The molecule has 0 saturated heterocycles. The molecule has 4 aromatic heterocycles. The minimum atomic E-state index is 0. The van der Waals surface area contributed by atoms with Gasteiger partial charge in [0.2, 0.25) is 0 Å². The first-order valence-corrected chi connectivity index (χ1v) is 29.0. The maximum absolute atomic E-state index is 4.90. The predicted molar refractivity (Wildman–Crippen MR) is 343 cm³/mol. The first-order chi connectivity index (χ1) is 38.7. The van der Waals surface area contributed by atoms with Crippen molar-refractivity contribution >= 4 is 89.8 Å². The molecule has 0 atom stereocenters. The van der Waals surface area contributed by atoms with Gasteiger partial charge in [-0.1, -0.05) is 195 Å². The molecule has 0 bridgehead atoms. The van der Waals surface area contributed by atoms with Crippen molar-refractivity contribution < 1.29 is 21.1 Å². The molecular formula is C74H68B2N4Pt. The summed E-state index contributed by atoms with van der Waals surface area (Å²) in [4.78, 5) is 9.80. The van der Waals surface area contributed by atoms with Crippen LogP contribution in [0.15, 0.2) is 170 Å². The monoisotopic (exact) mass is 1230 g/mol. The Kier molecular flexibility index (Phi) is 14.1. The predicted octanol–water partition coefficient (Wildman–Crippen LogP) is 14.7. The van der Waals surface area contributed by atoms with Crippen LogP contribution in [0.25, 0.3) is 77.5 Å². The van der Waals surface area contributed by atoms with Crippen molar-refractivity contribution in [3.8, 4) is 33.9 Å². The van der Waals surface area contributed by atoms with Gasteiger partial charge in [0.25, 0.3) is 0 Å². The fourth-order valence-corrected chi connectivity index (χ4v) is 13.7. The Labute approximate surface area is 494 Å². The number of nitrogens with zero attached hydrogens (tertiary/aromatic N) is 4. The zero-order chi connectivity index (χ0) is 55.4. The van der Waals surface area contributed by atoms with E-state index < -0.39 is 0 Å². The van der Waals surface area contributed by atoms with Crippen molar-refractivity contribution in [2.45, 2.75) is 107 Å². The number of aryl methyl sites for hydroxylation is 4. The van der Waals surface area contributed by atoms with Crippen LogP contribution < -0.4 is 32.8 Å². The second-order valence-corrected chi connectivity index (χ2v) is 24.2. The van der Waals surface area contributed by atoms with Crippen LogP contribution in [-0.4, -0.2) is 32.5 Å². The van der Waals surface area contributed by atoms with Gasteiger partial charge in [0.15, 0.2) is 13.4 Å². The summed E-state index contributed by atoms with van der Waals surface area (Å²) in [7, 11) is 0. The van der Waals surface area contributed by atoms with Crippen LogP contribution in [-0.2, 0) is 21.1 Å². The van der Waals surface area contributed by atoms with Crippen LogP contribution in [0.5, 0.6) is 0 Å². The van der Waals surface area contributed by atoms with Crippen molar-refractivity contribution in [1.82, 2.24) is 19.1 Å². The molecule has 0 fully saturated rings. The smallest absolute Gasteiger partial charge is 0.351 e. The number of fused-ring (bicyclic) bond motifs is 12. The minimum Gasteiger partial charge on any atom is -0.351 e. The van der Waals surface area contributed by atoms with Gasteiger partial charge in [-0.05, 0) is 135 Å². The maximum atomic E-state index is 4.90. The minimum absolute atomic E-state index is 0. The molecule has 2 aliphatic rings. The molecule has 4 nitrogen and oxygen atoms in total. The quantitative estimate of drug-likeness (QED) is 0.112. The third-order valence-corrected chi connectivity index (χ3v) is 17.4. The topological polar surface area (TPSA) is 35.6 Å². The third-order valence-electron chi connectivity index (χ3n) is 17.4. The zero-order valence-electron chi connectivity index (χ0n) is 48.7. The van der Waals surface area contributed by atoms with Crippen LogP contribution in [0.4, 0.5) is 0 Å². The number of pyridine rings is 2. The second-order valence-electron chi connectivity index (χ2n) is 24.2. The van der Waals surface area contributed by atoms with Gasteiger partial charge in [-0.15, -0.1) is 58.5 Å². The Balaban J connectivity index is 0.000000159. The van der Waals surface area contributed by atoms with Gasteiger partial charge in [-0.25, -0.2) is 0 Å². The van der Waals surface area contributed by atoms with E-state index in [1.54, 1.807) is 0 Å². The van der Waals surface area contributed by atoms with Crippen LogP contribution >= 0.6 is 0 Å². The van der Waals surface area contributed by atoms with Crippen LogP contribution in [0.2, 0.25) is 0 Å². The standard InChI is InChI=1S/2C37H34BN2.Pt/c2*1-22(2)27-9-7-10-28(23(3)4)36(27)38-32-11-8-18-39-37(32)29-15-14-26(21-33(29)38)40-34-16-12-24(5)19-30(34)31-20-25(6)13-17-35(31)40;/h2*7-14,16-23H,1-6H3;/q2*-1;+2. The van der Waals surface area contributed by atoms with E-state index in [2.05, 4.69) is 262 Å². The van der Waals surface area contributed by atoms with E-state index >= 15 is 0 Å². The molecule has 0 spiro atoms. The summed E-state index contributed by atoms with van der Waals surface area (Å²) in [5.74, 6) is 1.70. The summed E-state index contributed by atoms with van der Waals surface area (Å²) in [6, 6.07) is 66.3. The molecule has 0 unspecified atom stereocenters. The van der Waals surface area contributed by atoms with E-state index in [0.29, 0.717) is 23.7 Å². The molecule has 0 amide bonds. The Bertz CT molecular complexity index is 4010. The van der Waals surface area contributed by atoms with Gasteiger partial charge in [0.1, 0.15) is 0 Å². The van der Waals surface area contributed by atoms with E-state index in [0.717, 1.165) is 33.9 Å². The Morgan fingerprint density at radius 1 is 0.370 bits per heavy atom. The fourth-order valence-electron chi connectivity index (χ4n) is 13.7. The van der Waals surface area contributed by atoms with Crippen molar-refractivity contribution in [1.29, 1.82) is 0 Å². The van der Waals surface area contributed by atoms with Crippen molar-refractivity contribution in [3.05, 3.63) is 227 Å². The average Bonchev–Trinajstić information content (AvgIpc) is 4.26. The summed E-state index contributed by atoms with van der Waals surface area (Å²) < 4.78 is 4.84. The van der Waals surface area contributed by atoms with E-state index in [9.17, 15) is 0 Å². The Morgan fingerprint density at radius 2 is 0.679 bits per heavy atom. The van der Waals surface area contributed by atoms with Gasteiger partial charge < -0.3 is 19.1 Å². The molecule has 0 N–H and O–H groups in total. The van der Waals surface area contributed by atoms with Crippen molar-refractivity contribution in [3.63, 3.8) is 0 Å². The number of aromatic nitrogens is 4. The summed E-state index contributed by atoms with van der Waals surface area (Å²) in [5.41, 5.74) is 30.5. The zero-order valence-corrected chi connectivity index (χ0v) is 51.0. The van der Waals surface area contributed by atoms with Crippen molar-refractivity contribution in [2.75, 3.05) is 0 Å². The summed E-state index contributed by atoms with van der Waals surface area (Å²) in [6.45, 7) is 27.5. The summed E-state index contributed by atoms with van der Waals surface area (Å²) >= 11 is 0.